The van der Waals surface area contributed by atoms with E-state index >= 15 is 4.79 Å². The van der Waals surface area contributed by atoms with Gasteiger partial charge in [0.1, 0.15) is 0 Å². The number of methoxy groups -OCH3 is 1. The molecular weight excluding hydrogens is 1010 g/mol. The molecule has 2 aliphatic rings. The van der Waals surface area contributed by atoms with Gasteiger partial charge in [0.05, 0.1) is 35.1 Å². The molecule has 0 N–H and O–H groups in total. The second-order valence-electron chi connectivity index (χ2n) is 25.0. The van der Waals surface area contributed by atoms with Gasteiger partial charge in [0.2, 0.25) is 0 Å². The number of likely N-dealkylation sites (tertiary alicyclic amines) is 2. The van der Waals surface area contributed by atoms with Crippen molar-refractivity contribution in [2.45, 2.75) is 158 Å². The van der Waals surface area contributed by atoms with Gasteiger partial charge in [0, 0.05) is 90.0 Å². The first-order valence-corrected chi connectivity index (χ1v) is 31.0. The number of esters is 1. The van der Waals surface area contributed by atoms with E-state index in [1.165, 1.54) is 26.4 Å². The summed E-state index contributed by atoms with van der Waals surface area (Å²) in [7, 11) is 1.40. The lowest BCUT2D eigenvalue weighted by Gasteiger charge is -2.35. The molecule has 8 rings (SSSR count). The first-order chi connectivity index (χ1) is 39.1. The Hall–Kier alpha value is -6.18. The van der Waals surface area contributed by atoms with Crippen LogP contribution in [0, 0.1) is 23.7 Å². The lowest BCUT2D eigenvalue weighted by atomic mass is 9.90. The Morgan fingerprint density at radius 2 is 1.02 bits per heavy atom. The zero-order valence-corrected chi connectivity index (χ0v) is 50.6. The number of carbonyl (C=O) groups excluding carboxylic acids is 4. The third-order valence-electron chi connectivity index (χ3n) is 16.9. The minimum absolute atomic E-state index is 0.0209. The molecule has 2 amide bonds. The first kappa shape index (κ1) is 60.9. The van der Waals surface area contributed by atoms with Crippen molar-refractivity contribution < 1.29 is 23.9 Å². The zero-order chi connectivity index (χ0) is 57.6. The molecule has 0 bridgehead atoms. The van der Waals surface area contributed by atoms with Crippen LogP contribution in [0.15, 0.2) is 85.2 Å². The van der Waals surface area contributed by atoms with Gasteiger partial charge in [-0.05, 0) is 164 Å². The van der Waals surface area contributed by atoms with E-state index in [1.54, 1.807) is 6.07 Å². The molecule has 2 saturated heterocycles. The fourth-order valence-corrected chi connectivity index (χ4v) is 12.0. The number of ketones is 1. The van der Waals surface area contributed by atoms with Gasteiger partial charge in [-0.25, -0.2) is 13.8 Å². The van der Waals surface area contributed by atoms with Gasteiger partial charge in [-0.1, -0.05) is 111 Å². The predicted octanol–water partition coefficient (Wildman–Crippen LogP) is 13.6. The molecule has 6 aromatic rings. The third kappa shape index (κ3) is 15.9. The molecule has 2 aliphatic heterocycles. The Balaban J connectivity index is 1.06. The van der Waals surface area contributed by atoms with Crippen LogP contribution < -0.4 is 0 Å². The zero-order valence-electron chi connectivity index (χ0n) is 50.6. The van der Waals surface area contributed by atoms with E-state index in [2.05, 4.69) is 77.3 Å². The van der Waals surface area contributed by atoms with Crippen LogP contribution in [0.5, 0.6) is 0 Å². The Kier molecular flexibility index (Phi) is 21.9. The van der Waals surface area contributed by atoms with Crippen LogP contribution in [0.25, 0.3) is 33.5 Å². The van der Waals surface area contributed by atoms with E-state index in [0.29, 0.717) is 83.1 Å². The number of nitrogens with zero attached hydrogens (tertiary/aromatic N) is 8. The third-order valence-corrected chi connectivity index (χ3v) is 16.9. The smallest absolute Gasteiger partial charge is 0.338 e. The Morgan fingerprint density at radius 3 is 1.52 bits per heavy atom. The number of hydrogen-bond acceptors (Lipinski definition) is 9. The van der Waals surface area contributed by atoms with Crippen LogP contribution in [-0.2, 0) is 17.6 Å². The molecule has 4 aromatic heterocycles. The van der Waals surface area contributed by atoms with E-state index in [0.717, 1.165) is 143 Å². The molecule has 0 aliphatic carbocycles. The molecule has 2 fully saturated rings. The lowest BCUT2D eigenvalue weighted by Crippen LogP contribution is -2.41. The minimum Gasteiger partial charge on any atom is -0.465 e. The van der Waals surface area contributed by atoms with E-state index in [9.17, 15) is 14.4 Å². The van der Waals surface area contributed by atoms with E-state index in [1.807, 2.05) is 85.8 Å². The first-order valence-electron chi connectivity index (χ1n) is 31.0. The van der Waals surface area contributed by atoms with Crippen molar-refractivity contribution in [3.05, 3.63) is 119 Å². The Morgan fingerprint density at radius 1 is 0.568 bits per heavy atom. The number of carbonyl (C=O) groups is 4. The molecule has 0 saturated carbocycles. The molecule has 13 heteroatoms. The normalized spacial score (nSPS) is 15.4. The number of benzene rings is 2. The molecule has 436 valence electrons. The average Bonchev–Trinajstić information content (AvgIpc) is 4.14. The predicted molar refractivity (Wildman–Crippen MR) is 327 cm³/mol. The molecule has 1 unspecified atom stereocenters. The molecule has 0 spiro atoms. The average molecular weight is 1100 g/mol. The van der Waals surface area contributed by atoms with Crippen molar-refractivity contribution in [2.75, 3.05) is 66.0 Å². The summed E-state index contributed by atoms with van der Waals surface area (Å²) in [5.74, 6) is 1.69. The number of fused-ring (bicyclic) bond motifs is 2. The van der Waals surface area contributed by atoms with Gasteiger partial charge < -0.3 is 19.4 Å². The number of pyridine rings is 2. The lowest BCUT2D eigenvalue weighted by molar-refractivity contribution is 0.0600. The van der Waals surface area contributed by atoms with Crippen LogP contribution >= 0.6 is 0 Å². The minimum atomic E-state index is -0.430. The van der Waals surface area contributed by atoms with Crippen LogP contribution in [0.4, 0.5) is 0 Å². The molecule has 13 nitrogen and oxygen atoms in total. The standard InChI is InChI=1S/C68H94N8O5/c1-48(2)28-39-73(40-29-49(3)4)66(78)52-32-43-75-61(45-52)59(26-19-36-71-34-16-10-17-35-71)64(69-75)56-23-12-11-22-55(56)63(77)47-54-21-15-18-37-72(54)38-20-27-60-62-46-53(67(79)74(41-30-50(5)6)42-31-51(7)8)33-44-76(62)70-65(60)57-24-13-14-25-58(57)68(80)81-9/h11-14,22-25,32-33,43-46,48-51,54H,10,15-21,26-31,34-42,47H2,1-9H3. The fraction of sp³-hybridized carbons (Fsp3) is 0.559. The number of rotatable bonds is 28. The number of aromatic nitrogens is 4. The second kappa shape index (κ2) is 29.2. The number of piperidine rings is 2. The Labute approximate surface area is 483 Å². The number of hydrogen-bond donors (Lipinski definition) is 0. The van der Waals surface area contributed by atoms with Crippen molar-refractivity contribution in [1.29, 1.82) is 0 Å². The molecular formula is C68H94N8O5. The summed E-state index contributed by atoms with van der Waals surface area (Å²) < 4.78 is 9.04. The second-order valence-corrected chi connectivity index (χ2v) is 25.0. The van der Waals surface area contributed by atoms with Gasteiger partial charge >= 0.3 is 5.97 Å². The van der Waals surface area contributed by atoms with Crippen molar-refractivity contribution in [1.82, 2.24) is 38.8 Å². The highest BCUT2D eigenvalue weighted by Crippen LogP contribution is 2.35. The summed E-state index contributed by atoms with van der Waals surface area (Å²) in [5, 5.41) is 10.4. The summed E-state index contributed by atoms with van der Waals surface area (Å²) in [6.07, 6.45) is 18.0. The van der Waals surface area contributed by atoms with Crippen molar-refractivity contribution >= 4 is 34.6 Å². The quantitative estimate of drug-likeness (QED) is 0.0349. The van der Waals surface area contributed by atoms with Crippen LogP contribution in [0.3, 0.4) is 0 Å². The molecule has 1 atom stereocenters. The largest absolute Gasteiger partial charge is 0.465 e. The number of aryl methyl sites for hydroxylation is 2. The summed E-state index contributed by atoms with van der Waals surface area (Å²) in [6, 6.07) is 23.4. The van der Waals surface area contributed by atoms with Crippen molar-refractivity contribution in [2.24, 2.45) is 23.7 Å². The van der Waals surface area contributed by atoms with Gasteiger partial charge in [0.25, 0.3) is 11.8 Å². The van der Waals surface area contributed by atoms with E-state index in [-0.39, 0.29) is 23.6 Å². The van der Waals surface area contributed by atoms with E-state index < -0.39 is 5.97 Å². The maximum atomic E-state index is 15.0. The van der Waals surface area contributed by atoms with Crippen LogP contribution in [0.2, 0.25) is 0 Å². The topological polar surface area (TPSA) is 125 Å². The van der Waals surface area contributed by atoms with Gasteiger partial charge in [-0.3, -0.25) is 19.3 Å². The highest BCUT2D eigenvalue weighted by atomic mass is 16.5. The summed E-state index contributed by atoms with van der Waals surface area (Å²) in [5.41, 5.74) is 9.32. The van der Waals surface area contributed by atoms with Gasteiger partial charge in [-0.2, -0.15) is 10.2 Å². The summed E-state index contributed by atoms with van der Waals surface area (Å²) in [4.78, 5) is 66.2. The fourth-order valence-electron chi connectivity index (χ4n) is 12.0. The van der Waals surface area contributed by atoms with Gasteiger partial charge in [-0.15, -0.1) is 0 Å². The highest BCUT2D eigenvalue weighted by molar-refractivity contribution is 6.03. The van der Waals surface area contributed by atoms with E-state index in [4.69, 9.17) is 14.9 Å². The summed E-state index contributed by atoms with van der Waals surface area (Å²) >= 11 is 0. The van der Waals surface area contributed by atoms with Crippen LogP contribution in [0.1, 0.15) is 191 Å². The van der Waals surface area contributed by atoms with Crippen molar-refractivity contribution in [3.63, 3.8) is 0 Å². The SMILES string of the molecule is COC(=O)c1ccccc1-c1nn2ccc(C(=O)N(CCC(C)C)CCC(C)C)cc2c1CCCN1CCCCC1CC(=O)c1ccccc1-c1nn2ccc(C(=O)N(CCC(C)C)CCC(C)C)cc2c1CCCN1CCCCC1. The maximum Gasteiger partial charge on any atom is 0.338 e. The maximum absolute atomic E-state index is 15.0. The molecule has 81 heavy (non-hydrogen) atoms. The molecule has 6 heterocycles. The molecule has 2 aromatic carbocycles. The van der Waals surface area contributed by atoms with Crippen LogP contribution in [-0.4, -0.2) is 134 Å². The molecule has 0 radical (unpaired) electrons. The number of Topliss-reactive ketones (excluding diaryl/α,β-unsaturated/α-hetero) is 1. The Bertz CT molecular complexity index is 3030. The van der Waals surface area contributed by atoms with Crippen molar-refractivity contribution in [3.8, 4) is 22.5 Å². The highest BCUT2D eigenvalue weighted by Gasteiger charge is 2.30. The number of amides is 2. The number of ether oxygens (including phenoxy) is 1. The monoisotopic (exact) mass is 1100 g/mol. The van der Waals surface area contributed by atoms with Gasteiger partial charge in [0.15, 0.2) is 5.78 Å². The summed E-state index contributed by atoms with van der Waals surface area (Å²) in [6.45, 7) is 25.4.